The van der Waals surface area contributed by atoms with E-state index >= 15 is 0 Å². The Balaban J connectivity index is 2.24. The number of aromatic nitrogens is 2. The van der Waals surface area contributed by atoms with Crippen molar-refractivity contribution in [3.63, 3.8) is 0 Å². The van der Waals surface area contributed by atoms with E-state index in [1.807, 2.05) is 5.32 Å². The van der Waals surface area contributed by atoms with Crippen molar-refractivity contribution >= 4 is 23.2 Å². The summed E-state index contributed by atoms with van der Waals surface area (Å²) in [5.41, 5.74) is -0.644. The molecular weight excluding hydrogens is 283 g/mol. The summed E-state index contributed by atoms with van der Waals surface area (Å²) < 4.78 is 38.9. The number of hydrogen-bond acceptors (Lipinski definition) is 3. The predicted octanol–water partition coefficient (Wildman–Crippen LogP) is 2.80. The second kappa shape index (κ2) is 5.23. The average molecular weight is 288 g/mol. The van der Waals surface area contributed by atoms with Crippen molar-refractivity contribution in [3.8, 4) is 0 Å². The van der Waals surface area contributed by atoms with E-state index in [0.717, 1.165) is 12.4 Å². The van der Waals surface area contributed by atoms with Crippen LogP contribution in [0.4, 0.5) is 18.9 Å². The molecule has 2 rings (SSSR count). The molecule has 0 radical (unpaired) electrons. The van der Waals surface area contributed by atoms with Gasteiger partial charge in [-0.05, 0) is 0 Å². The molecule has 0 aliphatic carbocycles. The lowest BCUT2D eigenvalue weighted by atomic mass is 10.2. The topological polar surface area (TPSA) is 54.9 Å². The van der Waals surface area contributed by atoms with Crippen LogP contribution < -0.4 is 5.32 Å². The van der Waals surface area contributed by atoms with Gasteiger partial charge < -0.3 is 5.32 Å². The van der Waals surface area contributed by atoms with Crippen LogP contribution in [0.1, 0.15) is 10.5 Å². The Hall–Kier alpha value is -2.15. The monoisotopic (exact) mass is 287 g/mol. The van der Waals surface area contributed by atoms with Crippen molar-refractivity contribution in [2.75, 3.05) is 5.32 Å². The minimum atomic E-state index is -1.35. The van der Waals surface area contributed by atoms with Crippen LogP contribution in [-0.4, -0.2) is 15.9 Å². The number of anilines is 1. The number of halogens is 4. The van der Waals surface area contributed by atoms with Crippen molar-refractivity contribution in [2.24, 2.45) is 0 Å². The van der Waals surface area contributed by atoms with Crippen LogP contribution in [0.2, 0.25) is 5.15 Å². The van der Waals surface area contributed by atoms with E-state index in [-0.39, 0.29) is 10.8 Å². The third-order valence-corrected chi connectivity index (χ3v) is 2.31. The van der Waals surface area contributed by atoms with Gasteiger partial charge in [-0.25, -0.2) is 23.1 Å². The lowest BCUT2D eigenvalue weighted by Gasteiger charge is -2.06. The Morgan fingerprint density at radius 3 is 2.37 bits per heavy atom. The van der Waals surface area contributed by atoms with Gasteiger partial charge in [0.1, 0.15) is 16.7 Å². The highest BCUT2D eigenvalue weighted by atomic mass is 35.5. The van der Waals surface area contributed by atoms with E-state index in [2.05, 4.69) is 9.97 Å². The lowest BCUT2D eigenvalue weighted by molar-refractivity contribution is 0.102. The quantitative estimate of drug-likeness (QED) is 0.864. The lowest BCUT2D eigenvalue weighted by Crippen LogP contribution is -2.15. The molecule has 0 fully saturated rings. The summed E-state index contributed by atoms with van der Waals surface area (Å²) in [4.78, 5) is 18.9. The van der Waals surface area contributed by atoms with E-state index in [1.54, 1.807) is 0 Å². The molecule has 0 bridgehead atoms. The number of rotatable bonds is 2. The van der Waals surface area contributed by atoms with Gasteiger partial charge in [0.25, 0.3) is 5.91 Å². The molecule has 4 nitrogen and oxygen atoms in total. The molecule has 1 N–H and O–H groups in total. The van der Waals surface area contributed by atoms with Crippen LogP contribution in [0.15, 0.2) is 24.5 Å². The van der Waals surface area contributed by atoms with E-state index < -0.39 is 29.0 Å². The third-order valence-electron chi connectivity index (χ3n) is 2.11. The maximum Gasteiger partial charge on any atom is 0.275 e. The Labute approximate surface area is 110 Å². The summed E-state index contributed by atoms with van der Waals surface area (Å²) in [6, 6.07) is 0.865. The smallest absolute Gasteiger partial charge is 0.275 e. The highest BCUT2D eigenvalue weighted by Crippen LogP contribution is 2.19. The molecule has 98 valence electrons. The fraction of sp³-hybridized carbons (Fsp3) is 0. The van der Waals surface area contributed by atoms with Gasteiger partial charge in [0.05, 0.1) is 18.1 Å². The normalized spacial score (nSPS) is 10.3. The highest BCUT2D eigenvalue weighted by molar-refractivity contribution is 6.29. The first-order chi connectivity index (χ1) is 8.97. The fourth-order valence-corrected chi connectivity index (χ4v) is 1.33. The van der Waals surface area contributed by atoms with E-state index in [9.17, 15) is 18.0 Å². The first-order valence-corrected chi connectivity index (χ1v) is 5.28. The molecule has 19 heavy (non-hydrogen) atoms. The first kappa shape index (κ1) is 13.3. The number of carbonyl (C=O) groups is 1. The molecule has 0 saturated heterocycles. The minimum absolute atomic E-state index is 0.0792. The van der Waals surface area contributed by atoms with E-state index in [0.29, 0.717) is 12.1 Å². The van der Waals surface area contributed by atoms with Gasteiger partial charge in [-0.2, -0.15) is 0 Å². The maximum atomic E-state index is 13.3. The van der Waals surface area contributed by atoms with Crippen LogP contribution in [0.3, 0.4) is 0 Å². The summed E-state index contributed by atoms with van der Waals surface area (Å²) in [5.74, 6) is -4.55. The summed E-state index contributed by atoms with van der Waals surface area (Å²) in [7, 11) is 0. The molecule has 1 heterocycles. The van der Waals surface area contributed by atoms with Crippen molar-refractivity contribution in [1.29, 1.82) is 0 Å². The Morgan fingerprint density at radius 2 is 1.74 bits per heavy atom. The summed E-state index contributed by atoms with van der Waals surface area (Å²) >= 11 is 5.48. The van der Waals surface area contributed by atoms with Gasteiger partial charge in [0, 0.05) is 12.1 Å². The number of nitrogens with one attached hydrogen (secondary N) is 1. The standard InChI is InChI=1S/C11H5ClF3N3O/c12-10-4-16-9(3-17-10)11(19)18-8-2-6(14)5(13)1-7(8)15/h1-4H,(H,18,19). The Morgan fingerprint density at radius 1 is 1.05 bits per heavy atom. The molecule has 0 unspecified atom stereocenters. The minimum Gasteiger partial charge on any atom is -0.318 e. The van der Waals surface area contributed by atoms with Gasteiger partial charge in [0.15, 0.2) is 11.6 Å². The number of hydrogen-bond donors (Lipinski definition) is 1. The van der Waals surface area contributed by atoms with Crippen LogP contribution >= 0.6 is 11.6 Å². The average Bonchev–Trinajstić information content (AvgIpc) is 2.36. The second-order valence-corrected chi connectivity index (χ2v) is 3.81. The van der Waals surface area contributed by atoms with Crippen LogP contribution in [0.5, 0.6) is 0 Å². The summed E-state index contributed by atoms with van der Waals surface area (Å²) in [6.07, 6.45) is 2.19. The molecule has 1 aromatic carbocycles. The molecule has 8 heteroatoms. The highest BCUT2D eigenvalue weighted by Gasteiger charge is 2.14. The summed E-state index contributed by atoms with van der Waals surface area (Å²) in [6.45, 7) is 0. The molecule has 2 aromatic rings. The van der Waals surface area contributed by atoms with Gasteiger partial charge >= 0.3 is 0 Å². The molecule has 0 atom stereocenters. The zero-order valence-electron chi connectivity index (χ0n) is 9.12. The van der Waals surface area contributed by atoms with Gasteiger partial charge in [-0.1, -0.05) is 11.6 Å². The van der Waals surface area contributed by atoms with Crippen molar-refractivity contribution in [1.82, 2.24) is 9.97 Å². The number of nitrogens with zero attached hydrogens (tertiary/aromatic N) is 2. The Bertz CT molecular complexity index is 634. The molecule has 0 aliphatic heterocycles. The van der Waals surface area contributed by atoms with Crippen LogP contribution in [0.25, 0.3) is 0 Å². The second-order valence-electron chi connectivity index (χ2n) is 3.42. The van der Waals surface area contributed by atoms with Crippen molar-refractivity contribution in [3.05, 3.63) is 52.8 Å². The van der Waals surface area contributed by atoms with Gasteiger partial charge in [0.2, 0.25) is 0 Å². The molecule has 0 spiro atoms. The molecular formula is C11H5ClF3N3O. The Kier molecular flexibility index (Phi) is 3.66. The van der Waals surface area contributed by atoms with Crippen LogP contribution in [0, 0.1) is 17.5 Å². The zero-order valence-corrected chi connectivity index (χ0v) is 9.88. The third kappa shape index (κ3) is 3.00. The van der Waals surface area contributed by atoms with Gasteiger partial charge in [-0.3, -0.25) is 4.79 Å². The SMILES string of the molecule is O=C(Nc1cc(F)c(F)cc1F)c1cnc(Cl)cn1. The van der Waals surface area contributed by atoms with Crippen LogP contribution in [-0.2, 0) is 0 Å². The zero-order chi connectivity index (χ0) is 14.0. The molecule has 1 aromatic heterocycles. The molecule has 0 aliphatic rings. The molecule has 0 saturated carbocycles. The largest absolute Gasteiger partial charge is 0.318 e. The maximum absolute atomic E-state index is 13.3. The predicted molar refractivity (Wildman–Crippen MR) is 61.3 cm³/mol. The number of carbonyl (C=O) groups excluding carboxylic acids is 1. The summed E-state index contributed by atoms with van der Waals surface area (Å²) in [5, 5.41) is 2.13. The number of benzene rings is 1. The van der Waals surface area contributed by atoms with Crippen molar-refractivity contribution < 1.29 is 18.0 Å². The van der Waals surface area contributed by atoms with Crippen molar-refractivity contribution in [2.45, 2.75) is 0 Å². The fourth-order valence-electron chi connectivity index (χ4n) is 1.23. The first-order valence-electron chi connectivity index (χ1n) is 4.91. The molecule has 1 amide bonds. The van der Waals surface area contributed by atoms with Gasteiger partial charge in [-0.15, -0.1) is 0 Å². The number of amides is 1. The van der Waals surface area contributed by atoms with E-state index in [1.165, 1.54) is 0 Å². The van der Waals surface area contributed by atoms with E-state index in [4.69, 9.17) is 11.6 Å².